The van der Waals surface area contributed by atoms with Gasteiger partial charge in [0.05, 0.1) is 17.8 Å². The van der Waals surface area contributed by atoms with Crippen molar-refractivity contribution in [3.63, 3.8) is 0 Å². The van der Waals surface area contributed by atoms with Gasteiger partial charge in [0.2, 0.25) is 0 Å². The van der Waals surface area contributed by atoms with Crippen LogP contribution in [0.25, 0.3) is 0 Å². The summed E-state index contributed by atoms with van der Waals surface area (Å²) in [6.07, 6.45) is 3.19. The Labute approximate surface area is 102 Å². The minimum absolute atomic E-state index is 0.188. The van der Waals surface area contributed by atoms with Crippen LogP contribution in [-0.4, -0.2) is 16.1 Å². The number of carbonyl (C=O) groups is 1. The molecule has 94 valence electrons. The predicted octanol–water partition coefficient (Wildman–Crippen LogP) is 2.18. The van der Waals surface area contributed by atoms with E-state index in [1.807, 2.05) is 0 Å². The number of nitrogens with zero attached hydrogens (tertiary/aromatic N) is 1. The Balaban J connectivity index is 2.12. The van der Waals surface area contributed by atoms with Gasteiger partial charge in [0.1, 0.15) is 11.6 Å². The van der Waals surface area contributed by atoms with Gasteiger partial charge in [-0.3, -0.25) is 9.89 Å². The molecule has 0 bridgehead atoms. The van der Waals surface area contributed by atoms with Crippen molar-refractivity contribution in [2.75, 3.05) is 0 Å². The molecule has 0 fully saturated rings. The molecule has 4 nitrogen and oxygen atoms in total. The fourth-order valence-corrected chi connectivity index (χ4v) is 1.53. The summed E-state index contributed by atoms with van der Waals surface area (Å²) in [5, 5.41) is 8.97. The van der Waals surface area contributed by atoms with E-state index in [4.69, 9.17) is 0 Å². The molecule has 0 spiro atoms. The first kappa shape index (κ1) is 12.2. The second kappa shape index (κ2) is 4.95. The van der Waals surface area contributed by atoms with E-state index in [9.17, 15) is 13.6 Å². The molecule has 18 heavy (non-hydrogen) atoms. The average molecular weight is 251 g/mol. The summed E-state index contributed by atoms with van der Waals surface area (Å²) in [6, 6.07) is 2.51. The second-order valence-corrected chi connectivity index (χ2v) is 3.85. The van der Waals surface area contributed by atoms with Crippen LogP contribution in [-0.2, 0) is 0 Å². The van der Waals surface area contributed by atoms with Crippen LogP contribution in [0, 0.1) is 11.6 Å². The number of aromatic nitrogens is 2. The molecule has 6 heteroatoms. The maximum atomic E-state index is 13.4. The summed E-state index contributed by atoms with van der Waals surface area (Å²) >= 11 is 0. The highest BCUT2D eigenvalue weighted by atomic mass is 19.1. The minimum atomic E-state index is -0.883. The van der Waals surface area contributed by atoms with Crippen LogP contribution in [0.3, 0.4) is 0 Å². The fraction of sp³-hybridized carbons (Fsp3) is 0.167. The van der Waals surface area contributed by atoms with Crippen molar-refractivity contribution in [3.8, 4) is 0 Å². The molecule has 1 atom stereocenters. The Morgan fingerprint density at radius 3 is 2.83 bits per heavy atom. The molecule has 1 unspecified atom stereocenters. The highest BCUT2D eigenvalue weighted by molar-refractivity contribution is 5.94. The van der Waals surface area contributed by atoms with Gasteiger partial charge in [-0.2, -0.15) is 5.10 Å². The van der Waals surface area contributed by atoms with Crippen molar-refractivity contribution < 1.29 is 13.6 Å². The van der Waals surface area contributed by atoms with Crippen molar-refractivity contribution in [1.82, 2.24) is 15.5 Å². The average Bonchev–Trinajstić information content (AvgIpc) is 2.81. The van der Waals surface area contributed by atoms with Crippen molar-refractivity contribution in [2.45, 2.75) is 13.0 Å². The van der Waals surface area contributed by atoms with Crippen LogP contribution in [0.5, 0.6) is 0 Å². The van der Waals surface area contributed by atoms with E-state index in [0.717, 1.165) is 17.7 Å². The molecule has 1 aromatic heterocycles. The molecule has 0 aliphatic carbocycles. The maximum Gasteiger partial charge on any atom is 0.254 e. The van der Waals surface area contributed by atoms with Crippen LogP contribution < -0.4 is 5.32 Å². The number of nitrogens with one attached hydrogen (secondary N) is 2. The molecule has 2 rings (SSSR count). The number of benzene rings is 1. The van der Waals surface area contributed by atoms with Gasteiger partial charge in [0.15, 0.2) is 0 Å². The van der Waals surface area contributed by atoms with Crippen molar-refractivity contribution in [1.29, 1.82) is 0 Å². The number of halogens is 2. The normalized spacial score (nSPS) is 12.2. The molecule has 0 saturated carbocycles. The molecule has 1 heterocycles. The molecular weight excluding hydrogens is 240 g/mol. The number of hydrogen-bond donors (Lipinski definition) is 2. The smallest absolute Gasteiger partial charge is 0.254 e. The Morgan fingerprint density at radius 1 is 1.44 bits per heavy atom. The first-order valence-corrected chi connectivity index (χ1v) is 5.32. The van der Waals surface area contributed by atoms with Crippen molar-refractivity contribution in [2.24, 2.45) is 0 Å². The van der Waals surface area contributed by atoms with E-state index in [-0.39, 0.29) is 11.6 Å². The van der Waals surface area contributed by atoms with Crippen LogP contribution in [0.2, 0.25) is 0 Å². The van der Waals surface area contributed by atoms with Gasteiger partial charge in [-0.15, -0.1) is 0 Å². The van der Waals surface area contributed by atoms with Crippen molar-refractivity contribution >= 4 is 5.91 Å². The summed E-state index contributed by atoms with van der Waals surface area (Å²) in [6.45, 7) is 1.74. The second-order valence-electron chi connectivity index (χ2n) is 3.85. The third-order valence-electron chi connectivity index (χ3n) is 2.54. The summed E-state index contributed by atoms with van der Waals surface area (Å²) in [5.74, 6) is -2.19. The minimum Gasteiger partial charge on any atom is -0.345 e. The van der Waals surface area contributed by atoms with E-state index in [0.29, 0.717) is 6.07 Å². The molecule has 0 aliphatic rings. The highest BCUT2D eigenvalue weighted by Gasteiger charge is 2.15. The third-order valence-corrected chi connectivity index (χ3v) is 2.54. The van der Waals surface area contributed by atoms with Crippen LogP contribution >= 0.6 is 0 Å². The monoisotopic (exact) mass is 251 g/mol. The lowest BCUT2D eigenvalue weighted by molar-refractivity contribution is 0.0936. The quantitative estimate of drug-likeness (QED) is 0.878. The molecule has 2 N–H and O–H groups in total. The molecule has 1 aromatic carbocycles. The zero-order valence-electron chi connectivity index (χ0n) is 9.58. The van der Waals surface area contributed by atoms with Gasteiger partial charge in [-0.1, -0.05) is 0 Å². The molecule has 1 amide bonds. The molecule has 0 saturated heterocycles. The van der Waals surface area contributed by atoms with Gasteiger partial charge in [0, 0.05) is 17.8 Å². The van der Waals surface area contributed by atoms with E-state index in [1.165, 1.54) is 0 Å². The van der Waals surface area contributed by atoms with Crippen LogP contribution in [0.4, 0.5) is 8.78 Å². The topological polar surface area (TPSA) is 57.8 Å². The summed E-state index contributed by atoms with van der Waals surface area (Å²) < 4.78 is 26.1. The number of amides is 1. The number of hydrogen-bond acceptors (Lipinski definition) is 2. The predicted molar refractivity (Wildman–Crippen MR) is 60.8 cm³/mol. The van der Waals surface area contributed by atoms with Gasteiger partial charge in [0.25, 0.3) is 5.91 Å². The lowest BCUT2D eigenvalue weighted by Crippen LogP contribution is -2.27. The summed E-state index contributed by atoms with van der Waals surface area (Å²) in [7, 11) is 0. The highest BCUT2D eigenvalue weighted by Crippen LogP contribution is 2.13. The first-order valence-electron chi connectivity index (χ1n) is 5.32. The van der Waals surface area contributed by atoms with E-state index in [1.54, 1.807) is 19.3 Å². The Kier molecular flexibility index (Phi) is 3.36. The number of aromatic amines is 1. The molecule has 0 aliphatic heterocycles. The van der Waals surface area contributed by atoms with Gasteiger partial charge >= 0.3 is 0 Å². The molecule has 2 aromatic rings. The zero-order valence-corrected chi connectivity index (χ0v) is 9.58. The number of carbonyl (C=O) groups excluding carboxylic acids is 1. The van der Waals surface area contributed by atoms with Crippen LogP contribution in [0.15, 0.2) is 30.6 Å². The SMILES string of the molecule is CC(NC(=O)c1ccc(F)cc1F)c1cn[nH]c1. The van der Waals surface area contributed by atoms with Gasteiger partial charge in [-0.05, 0) is 19.1 Å². The largest absolute Gasteiger partial charge is 0.345 e. The van der Waals surface area contributed by atoms with Crippen LogP contribution in [0.1, 0.15) is 28.9 Å². The van der Waals surface area contributed by atoms with E-state index < -0.39 is 17.5 Å². The Bertz CT molecular complexity index is 554. The Hall–Kier alpha value is -2.24. The fourth-order valence-electron chi connectivity index (χ4n) is 1.53. The third kappa shape index (κ3) is 2.53. The maximum absolute atomic E-state index is 13.4. The summed E-state index contributed by atoms with van der Waals surface area (Å²) in [5.41, 5.74) is 0.581. The zero-order chi connectivity index (χ0) is 13.1. The number of H-pyrrole nitrogens is 1. The van der Waals surface area contributed by atoms with Gasteiger partial charge in [-0.25, -0.2) is 8.78 Å². The summed E-state index contributed by atoms with van der Waals surface area (Å²) in [4.78, 5) is 11.8. The Morgan fingerprint density at radius 2 is 2.22 bits per heavy atom. The van der Waals surface area contributed by atoms with Crippen molar-refractivity contribution in [3.05, 3.63) is 53.4 Å². The number of rotatable bonds is 3. The van der Waals surface area contributed by atoms with E-state index >= 15 is 0 Å². The lowest BCUT2D eigenvalue weighted by Gasteiger charge is -2.12. The standard InChI is InChI=1S/C12H11F2N3O/c1-7(8-5-15-16-6-8)17-12(18)10-3-2-9(13)4-11(10)14/h2-7H,1H3,(H,15,16)(H,17,18). The van der Waals surface area contributed by atoms with Gasteiger partial charge < -0.3 is 5.32 Å². The molecule has 0 radical (unpaired) electrons. The molecular formula is C12H11F2N3O. The first-order chi connectivity index (χ1) is 8.58. The van der Waals surface area contributed by atoms with E-state index in [2.05, 4.69) is 15.5 Å². The lowest BCUT2D eigenvalue weighted by atomic mass is 10.1.